The predicted molar refractivity (Wildman–Crippen MR) is 110 cm³/mol. The third kappa shape index (κ3) is 4.84. The molecule has 9 heteroatoms. The minimum absolute atomic E-state index is 0.00592. The van der Waals surface area contributed by atoms with Gasteiger partial charge in [-0.25, -0.2) is 0 Å². The number of benzene rings is 2. The lowest BCUT2D eigenvalue weighted by Crippen LogP contribution is -2.30. The Morgan fingerprint density at radius 2 is 1.87 bits per heavy atom. The predicted octanol–water partition coefficient (Wildman–Crippen LogP) is 4.04. The van der Waals surface area contributed by atoms with E-state index in [1.807, 2.05) is 0 Å². The quantitative estimate of drug-likeness (QED) is 0.452. The zero-order valence-electron chi connectivity index (χ0n) is 16.0. The molecular formula is C21H18ClN3O5. The Balaban J connectivity index is 1.88. The molecule has 2 amide bonds. The van der Waals surface area contributed by atoms with Crippen molar-refractivity contribution in [3.63, 3.8) is 0 Å². The van der Waals surface area contributed by atoms with Crippen molar-refractivity contribution in [2.75, 3.05) is 7.05 Å². The molecule has 0 aliphatic heterocycles. The van der Waals surface area contributed by atoms with E-state index in [1.165, 1.54) is 23.3 Å². The lowest BCUT2D eigenvalue weighted by Gasteiger charge is -2.22. The topological polar surface area (TPSA) is 106 Å². The lowest BCUT2D eigenvalue weighted by atomic mass is 10.1. The number of nitro groups is 1. The fourth-order valence-electron chi connectivity index (χ4n) is 2.88. The number of hydrogen-bond donors (Lipinski definition) is 1. The first kappa shape index (κ1) is 21.1. The molecule has 8 nitrogen and oxygen atoms in total. The second-order valence-corrected chi connectivity index (χ2v) is 6.85. The van der Waals surface area contributed by atoms with E-state index in [-0.39, 0.29) is 35.3 Å². The number of nitro benzene ring substituents is 1. The zero-order valence-corrected chi connectivity index (χ0v) is 16.8. The van der Waals surface area contributed by atoms with Crippen LogP contribution in [0.25, 0.3) is 0 Å². The molecule has 0 spiro atoms. The summed E-state index contributed by atoms with van der Waals surface area (Å²) < 4.78 is 5.36. The number of amides is 2. The monoisotopic (exact) mass is 427 g/mol. The van der Waals surface area contributed by atoms with Crippen molar-refractivity contribution >= 4 is 29.1 Å². The maximum absolute atomic E-state index is 13.2. The third-order valence-electron chi connectivity index (χ3n) is 4.42. The van der Waals surface area contributed by atoms with Gasteiger partial charge in [0.1, 0.15) is 5.76 Å². The van der Waals surface area contributed by atoms with Gasteiger partial charge in [-0.3, -0.25) is 19.7 Å². The number of halogens is 1. The van der Waals surface area contributed by atoms with Crippen LogP contribution in [0.5, 0.6) is 0 Å². The number of nitrogens with one attached hydrogen (secondary N) is 1. The van der Waals surface area contributed by atoms with Crippen LogP contribution in [0.1, 0.15) is 32.0 Å². The van der Waals surface area contributed by atoms with Crippen LogP contribution in [0.3, 0.4) is 0 Å². The van der Waals surface area contributed by atoms with Gasteiger partial charge in [-0.15, -0.1) is 0 Å². The number of carbonyl (C=O) groups is 2. The maximum atomic E-state index is 13.2. The van der Waals surface area contributed by atoms with Crippen molar-refractivity contribution in [3.05, 3.63) is 98.4 Å². The molecule has 30 heavy (non-hydrogen) atoms. The molecule has 0 unspecified atom stereocenters. The molecule has 0 bridgehead atoms. The Bertz CT molecular complexity index is 1060. The van der Waals surface area contributed by atoms with Crippen molar-refractivity contribution in [1.82, 2.24) is 10.2 Å². The summed E-state index contributed by atoms with van der Waals surface area (Å²) in [7, 11) is 1.55. The fourth-order valence-corrected chi connectivity index (χ4v) is 3.13. The zero-order chi connectivity index (χ0) is 21.7. The highest BCUT2D eigenvalue weighted by Crippen LogP contribution is 2.25. The molecule has 0 saturated heterocycles. The molecule has 1 N–H and O–H groups in total. The highest BCUT2D eigenvalue weighted by atomic mass is 35.5. The molecule has 0 fully saturated rings. The summed E-state index contributed by atoms with van der Waals surface area (Å²) in [6.45, 7) is 0.400. The summed E-state index contributed by atoms with van der Waals surface area (Å²) in [5, 5.41) is 13.5. The third-order valence-corrected chi connectivity index (χ3v) is 4.74. The van der Waals surface area contributed by atoms with Gasteiger partial charge in [-0.2, -0.15) is 0 Å². The summed E-state index contributed by atoms with van der Waals surface area (Å²) in [6.07, 6.45) is 1.51. The van der Waals surface area contributed by atoms with E-state index in [2.05, 4.69) is 5.32 Å². The van der Waals surface area contributed by atoms with Crippen LogP contribution < -0.4 is 5.32 Å². The summed E-state index contributed by atoms with van der Waals surface area (Å²) in [5.74, 6) is -0.0345. The summed E-state index contributed by atoms with van der Waals surface area (Å²) in [5.41, 5.74) is 1.25. The first-order valence-electron chi connectivity index (χ1n) is 8.95. The van der Waals surface area contributed by atoms with E-state index in [1.54, 1.807) is 43.4 Å². The number of hydrogen-bond acceptors (Lipinski definition) is 5. The Labute approximate surface area is 177 Å². The number of nitrogens with zero attached hydrogens (tertiary/aromatic N) is 2. The van der Waals surface area contributed by atoms with E-state index in [0.29, 0.717) is 11.3 Å². The van der Waals surface area contributed by atoms with Gasteiger partial charge in [0.2, 0.25) is 0 Å². The molecule has 3 aromatic rings. The molecule has 0 atom stereocenters. The highest BCUT2D eigenvalue weighted by Gasteiger charge is 2.22. The van der Waals surface area contributed by atoms with Crippen molar-refractivity contribution in [2.24, 2.45) is 0 Å². The van der Waals surface area contributed by atoms with Gasteiger partial charge in [0.25, 0.3) is 17.5 Å². The Hall–Kier alpha value is -3.65. The molecule has 1 heterocycles. The molecule has 0 aliphatic rings. The van der Waals surface area contributed by atoms with Crippen molar-refractivity contribution in [2.45, 2.75) is 13.1 Å². The van der Waals surface area contributed by atoms with Crippen LogP contribution in [0.15, 0.2) is 65.3 Å². The molecule has 2 aromatic carbocycles. The number of carbonyl (C=O) groups excluding carboxylic acids is 2. The van der Waals surface area contributed by atoms with Gasteiger partial charge in [0, 0.05) is 31.3 Å². The summed E-state index contributed by atoms with van der Waals surface area (Å²) in [4.78, 5) is 36.7. The minimum Gasteiger partial charge on any atom is -0.467 e. The highest BCUT2D eigenvalue weighted by molar-refractivity contribution is 6.34. The number of non-ortho nitro benzene ring substituents is 1. The number of rotatable bonds is 7. The average molecular weight is 428 g/mol. The Morgan fingerprint density at radius 3 is 2.43 bits per heavy atom. The van der Waals surface area contributed by atoms with Crippen LogP contribution in [0, 0.1) is 10.1 Å². The first-order valence-corrected chi connectivity index (χ1v) is 9.33. The average Bonchev–Trinajstić information content (AvgIpc) is 3.25. The van der Waals surface area contributed by atoms with E-state index in [9.17, 15) is 19.7 Å². The SMILES string of the molecule is CNC(=O)c1ccc(CN(Cc2ccco2)C(=O)c2ccc([N+](=O)[O-])cc2Cl)cc1. The lowest BCUT2D eigenvalue weighted by molar-refractivity contribution is -0.384. The van der Waals surface area contributed by atoms with Crippen LogP contribution in [0.2, 0.25) is 5.02 Å². The van der Waals surface area contributed by atoms with Crippen LogP contribution in [-0.4, -0.2) is 28.7 Å². The van der Waals surface area contributed by atoms with E-state index < -0.39 is 10.8 Å². The smallest absolute Gasteiger partial charge is 0.270 e. The minimum atomic E-state index is -0.575. The van der Waals surface area contributed by atoms with Gasteiger partial charge in [-0.1, -0.05) is 23.7 Å². The Kier molecular flexibility index (Phi) is 6.48. The van der Waals surface area contributed by atoms with E-state index in [4.69, 9.17) is 16.0 Å². The van der Waals surface area contributed by atoms with Crippen LogP contribution >= 0.6 is 11.6 Å². The summed E-state index contributed by atoms with van der Waals surface area (Å²) in [6, 6.07) is 14.0. The first-order chi connectivity index (χ1) is 14.4. The normalized spacial score (nSPS) is 10.5. The van der Waals surface area contributed by atoms with Crippen molar-refractivity contribution < 1.29 is 18.9 Å². The van der Waals surface area contributed by atoms with Crippen molar-refractivity contribution in [1.29, 1.82) is 0 Å². The van der Waals surface area contributed by atoms with Gasteiger partial charge in [-0.05, 0) is 35.9 Å². The van der Waals surface area contributed by atoms with E-state index >= 15 is 0 Å². The molecular weight excluding hydrogens is 410 g/mol. The second kappa shape index (κ2) is 9.23. The molecule has 0 radical (unpaired) electrons. The largest absolute Gasteiger partial charge is 0.467 e. The van der Waals surface area contributed by atoms with Gasteiger partial charge < -0.3 is 14.6 Å². The Morgan fingerprint density at radius 1 is 1.13 bits per heavy atom. The molecule has 0 saturated carbocycles. The molecule has 1 aromatic heterocycles. The van der Waals surface area contributed by atoms with Crippen molar-refractivity contribution in [3.8, 4) is 0 Å². The van der Waals surface area contributed by atoms with Crippen LogP contribution in [-0.2, 0) is 13.1 Å². The molecule has 3 rings (SSSR count). The maximum Gasteiger partial charge on any atom is 0.270 e. The summed E-state index contributed by atoms with van der Waals surface area (Å²) >= 11 is 6.15. The van der Waals surface area contributed by atoms with Gasteiger partial charge in [0.05, 0.1) is 28.3 Å². The number of furan rings is 1. The second-order valence-electron chi connectivity index (χ2n) is 6.44. The molecule has 0 aliphatic carbocycles. The standard InChI is InChI=1S/C21H18ClN3O5/c1-23-20(26)15-6-4-14(5-7-15)12-24(13-17-3-2-10-30-17)21(27)18-9-8-16(25(28)29)11-19(18)22/h2-11H,12-13H2,1H3,(H,23,26). The molecule has 154 valence electrons. The van der Waals surface area contributed by atoms with E-state index in [0.717, 1.165) is 11.6 Å². The van der Waals surface area contributed by atoms with Gasteiger partial charge >= 0.3 is 0 Å². The van der Waals surface area contributed by atoms with Gasteiger partial charge in [0.15, 0.2) is 0 Å². The van der Waals surface area contributed by atoms with Crippen LogP contribution in [0.4, 0.5) is 5.69 Å². The fraction of sp³-hybridized carbons (Fsp3) is 0.143.